The number of hydrogen-bond donors (Lipinski definition) is 2. The molecular weight excluding hydrogens is 426 g/mol. The van der Waals surface area contributed by atoms with Crippen LogP contribution in [-0.2, 0) is 4.74 Å². The van der Waals surface area contributed by atoms with Crippen LogP contribution in [0.5, 0.6) is 0 Å². The van der Waals surface area contributed by atoms with Crippen molar-refractivity contribution in [3.63, 3.8) is 0 Å². The molecule has 2 aromatic rings. The predicted molar refractivity (Wildman–Crippen MR) is 106 cm³/mol. The zero-order valence-electron chi connectivity index (χ0n) is 16.0. The minimum Gasteiger partial charge on any atom is -0.444 e. The molecule has 4 heterocycles. The van der Waals surface area contributed by atoms with Gasteiger partial charge in [-0.25, -0.2) is 9.78 Å². The molecule has 148 valence electrons. The number of nitrogens with zero attached hydrogens (tertiary/aromatic N) is 5. The largest absolute Gasteiger partial charge is 0.444 e. The number of fused-ring (bicyclic) bond motifs is 3. The van der Waals surface area contributed by atoms with Gasteiger partial charge in [-0.2, -0.15) is 15.3 Å². The maximum absolute atomic E-state index is 12.1. The first-order valence-corrected chi connectivity index (χ1v) is 10.1. The van der Waals surface area contributed by atoms with Gasteiger partial charge in [-0.1, -0.05) is 0 Å². The lowest BCUT2D eigenvalue weighted by molar-refractivity contribution is 0.0492. The Kier molecular flexibility index (Phi) is 4.65. The summed E-state index contributed by atoms with van der Waals surface area (Å²) in [5.74, 6) is 0.545. The molecular formula is C18H22BrN7O2. The van der Waals surface area contributed by atoms with Gasteiger partial charge in [-0.15, -0.1) is 0 Å². The van der Waals surface area contributed by atoms with E-state index < -0.39 is 5.60 Å². The average Bonchev–Trinajstić information content (AvgIpc) is 3.10. The van der Waals surface area contributed by atoms with Gasteiger partial charge in [-0.05, 0) is 62.4 Å². The maximum Gasteiger partial charge on any atom is 0.407 e. The van der Waals surface area contributed by atoms with Crippen molar-refractivity contribution < 1.29 is 9.53 Å². The van der Waals surface area contributed by atoms with Crippen LogP contribution in [0.15, 0.2) is 4.60 Å². The second-order valence-electron chi connectivity index (χ2n) is 8.33. The third kappa shape index (κ3) is 3.51. The molecule has 9 nitrogen and oxygen atoms in total. The van der Waals surface area contributed by atoms with Crippen molar-refractivity contribution in [1.29, 1.82) is 5.26 Å². The molecule has 10 heteroatoms. The molecule has 2 fully saturated rings. The molecule has 2 aliphatic heterocycles. The first kappa shape index (κ1) is 18.9. The number of ether oxygens (including phenoxy) is 1. The molecule has 2 aliphatic rings. The number of nitriles is 1. The number of amides is 1. The smallest absolute Gasteiger partial charge is 0.407 e. The maximum atomic E-state index is 12.1. The lowest BCUT2D eigenvalue weighted by atomic mass is 9.98. The van der Waals surface area contributed by atoms with Gasteiger partial charge in [0.05, 0.1) is 5.39 Å². The SMILES string of the molecule is CC(C)(C)OC(=O)NC1CC2CCC(C1)N2c1nc(C#N)c2c(Br)n[nH]c2n1. The van der Waals surface area contributed by atoms with Crippen molar-refractivity contribution in [3.8, 4) is 6.07 Å². The second-order valence-corrected chi connectivity index (χ2v) is 9.08. The van der Waals surface area contributed by atoms with Crippen LogP contribution in [0.2, 0.25) is 0 Å². The summed E-state index contributed by atoms with van der Waals surface area (Å²) in [5, 5.41) is 20.0. The van der Waals surface area contributed by atoms with E-state index in [1.165, 1.54) is 0 Å². The van der Waals surface area contributed by atoms with Crippen LogP contribution in [0.25, 0.3) is 11.0 Å². The Bertz CT molecular complexity index is 947. The summed E-state index contributed by atoms with van der Waals surface area (Å²) in [6.07, 6.45) is 3.23. The van der Waals surface area contributed by atoms with E-state index in [2.05, 4.69) is 52.4 Å². The van der Waals surface area contributed by atoms with Crippen LogP contribution in [0, 0.1) is 11.3 Å². The summed E-state index contributed by atoms with van der Waals surface area (Å²) in [4.78, 5) is 23.4. The summed E-state index contributed by atoms with van der Waals surface area (Å²) in [6.45, 7) is 5.56. The van der Waals surface area contributed by atoms with Crippen molar-refractivity contribution in [2.45, 2.75) is 70.2 Å². The summed E-state index contributed by atoms with van der Waals surface area (Å²) < 4.78 is 5.92. The molecule has 0 saturated carbocycles. The van der Waals surface area contributed by atoms with E-state index in [-0.39, 0.29) is 24.2 Å². The first-order chi connectivity index (χ1) is 13.2. The van der Waals surface area contributed by atoms with Gasteiger partial charge < -0.3 is 15.0 Å². The minimum absolute atomic E-state index is 0.0593. The lowest BCUT2D eigenvalue weighted by Gasteiger charge is -2.39. The van der Waals surface area contributed by atoms with Crippen LogP contribution in [0.3, 0.4) is 0 Å². The highest BCUT2D eigenvalue weighted by molar-refractivity contribution is 9.10. The Morgan fingerprint density at radius 3 is 2.61 bits per heavy atom. The second kappa shape index (κ2) is 6.88. The number of anilines is 1. The van der Waals surface area contributed by atoms with Gasteiger partial charge in [0.2, 0.25) is 5.95 Å². The monoisotopic (exact) mass is 447 g/mol. The summed E-state index contributed by atoms with van der Waals surface area (Å²) in [7, 11) is 0. The highest BCUT2D eigenvalue weighted by Gasteiger charge is 2.43. The van der Waals surface area contributed by atoms with Crippen molar-refractivity contribution in [3.05, 3.63) is 10.3 Å². The van der Waals surface area contributed by atoms with Crippen molar-refractivity contribution in [2.75, 3.05) is 4.90 Å². The molecule has 1 amide bonds. The third-order valence-corrected chi connectivity index (χ3v) is 5.73. The van der Waals surface area contributed by atoms with Crippen LogP contribution in [-0.4, -0.2) is 50.0 Å². The Morgan fingerprint density at radius 1 is 1.32 bits per heavy atom. The van der Waals surface area contributed by atoms with Gasteiger partial charge in [0.25, 0.3) is 0 Å². The number of nitrogens with one attached hydrogen (secondary N) is 2. The molecule has 2 N–H and O–H groups in total. The molecule has 0 radical (unpaired) electrons. The summed E-state index contributed by atoms with van der Waals surface area (Å²) in [5.41, 5.74) is 0.329. The molecule has 0 aliphatic carbocycles. The number of piperidine rings is 1. The normalized spacial score (nSPS) is 24.2. The first-order valence-electron chi connectivity index (χ1n) is 9.34. The highest BCUT2D eigenvalue weighted by Crippen LogP contribution is 2.39. The van der Waals surface area contributed by atoms with Crippen molar-refractivity contribution in [1.82, 2.24) is 25.5 Å². The van der Waals surface area contributed by atoms with E-state index in [9.17, 15) is 10.1 Å². The Labute approximate surface area is 171 Å². The quantitative estimate of drug-likeness (QED) is 0.725. The average molecular weight is 448 g/mol. The van der Waals surface area contributed by atoms with Gasteiger partial charge in [0, 0.05) is 18.1 Å². The number of aromatic nitrogens is 4. The Hall–Kier alpha value is -2.41. The Morgan fingerprint density at radius 2 is 2.00 bits per heavy atom. The molecule has 2 bridgehead atoms. The molecule has 0 spiro atoms. The van der Waals surface area contributed by atoms with Gasteiger partial charge >= 0.3 is 6.09 Å². The number of rotatable bonds is 2. The predicted octanol–water partition coefficient (Wildman–Crippen LogP) is 3.01. The van der Waals surface area contributed by atoms with E-state index in [0.717, 1.165) is 25.7 Å². The standard InChI is InChI=1S/C18H22BrN7O2/c1-18(2,3)28-17(27)21-9-6-10-4-5-11(7-9)26(10)16-22-12(8-20)13-14(19)24-25-15(13)23-16/h9-11H,4-7H2,1-3H3,(H,21,27)(H,22,23,24,25). The van der Waals surface area contributed by atoms with Gasteiger partial charge in [-0.3, -0.25) is 5.10 Å². The zero-order valence-corrected chi connectivity index (χ0v) is 17.6. The third-order valence-electron chi connectivity index (χ3n) is 5.15. The summed E-state index contributed by atoms with van der Waals surface area (Å²) in [6, 6.07) is 2.63. The number of hydrogen-bond acceptors (Lipinski definition) is 7. The molecule has 0 aromatic carbocycles. The van der Waals surface area contributed by atoms with E-state index in [4.69, 9.17) is 4.74 Å². The fraction of sp³-hybridized carbons (Fsp3) is 0.611. The fourth-order valence-corrected chi connectivity index (χ4v) is 4.64. The number of carbonyl (C=O) groups excluding carboxylic acids is 1. The molecule has 2 saturated heterocycles. The molecule has 2 aromatic heterocycles. The van der Waals surface area contributed by atoms with E-state index >= 15 is 0 Å². The van der Waals surface area contributed by atoms with Crippen LogP contribution < -0.4 is 10.2 Å². The highest BCUT2D eigenvalue weighted by atomic mass is 79.9. The molecule has 4 rings (SSSR count). The zero-order chi connectivity index (χ0) is 20.1. The van der Waals surface area contributed by atoms with Crippen LogP contribution >= 0.6 is 15.9 Å². The molecule has 2 atom stereocenters. The summed E-state index contributed by atoms with van der Waals surface area (Å²) >= 11 is 3.33. The van der Waals surface area contributed by atoms with Gasteiger partial charge in [0.15, 0.2) is 11.3 Å². The topological polar surface area (TPSA) is 120 Å². The Balaban J connectivity index is 1.54. The van der Waals surface area contributed by atoms with Crippen LogP contribution in [0.4, 0.5) is 10.7 Å². The molecule has 28 heavy (non-hydrogen) atoms. The lowest BCUT2D eigenvalue weighted by Crippen LogP contribution is -2.51. The number of alkyl carbamates (subject to hydrolysis) is 1. The number of carbonyl (C=O) groups is 1. The van der Waals surface area contributed by atoms with Crippen molar-refractivity contribution in [2.24, 2.45) is 0 Å². The van der Waals surface area contributed by atoms with Crippen molar-refractivity contribution >= 4 is 39.0 Å². The number of aromatic amines is 1. The van der Waals surface area contributed by atoms with E-state index in [0.29, 0.717) is 27.3 Å². The van der Waals surface area contributed by atoms with Crippen LogP contribution in [0.1, 0.15) is 52.1 Å². The fourth-order valence-electron chi connectivity index (χ4n) is 4.18. The van der Waals surface area contributed by atoms with E-state index in [1.54, 1.807) is 0 Å². The number of H-pyrrole nitrogens is 1. The van der Waals surface area contributed by atoms with E-state index in [1.807, 2.05) is 20.8 Å². The molecule has 2 unspecified atom stereocenters. The van der Waals surface area contributed by atoms with Gasteiger partial charge in [0.1, 0.15) is 16.3 Å². The number of halogens is 1. The minimum atomic E-state index is -0.515.